The van der Waals surface area contributed by atoms with Crippen molar-refractivity contribution >= 4 is 72.3 Å². The van der Waals surface area contributed by atoms with Crippen molar-refractivity contribution in [2.24, 2.45) is 0 Å². The summed E-state index contributed by atoms with van der Waals surface area (Å²) in [6, 6.07) is 1.28. The van der Waals surface area contributed by atoms with E-state index in [0.29, 0.717) is 0 Å². The van der Waals surface area contributed by atoms with Gasteiger partial charge in [-0.2, -0.15) is 24.5 Å². The first-order valence-electron chi connectivity index (χ1n) is 5.60. The quantitative estimate of drug-likeness (QED) is 0.477. The van der Waals surface area contributed by atoms with Crippen LogP contribution in [0.15, 0.2) is 36.7 Å². The molecule has 0 fully saturated rings. The Balaban J connectivity index is 2.65. The Morgan fingerprint density at radius 1 is 0.875 bits per heavy atom. The van der Waals surface area contributed by atoms with Crippen molar-refractivity contribution < 1.29 is 24.2 Å². The van der Waals surface area contributed by atoms with Gasteiger partial charge in [-0.25, -0.2) is 0 Å². The van der Waals surface area contributed by atoms with Crippen LogP contribution in [0.4, 0.5) is 25.1 Å². The second-order valence-electron chi connectivity index (χ2n) is 3.82. The predicted octanol–water partition coefficient (Wildman–Crippen LogP) is 6.55. The summed E-state index contributed by atoms with van der Waals surface area (Å²) in [5.41, 5.74) is -0.631. The molecule has 2 N–H and O–H groups in total. The summed E-state index contributed by atoms with van der Waals surface area (Å²) < 4.78 is 66.0. The standard InChI is InChI=1S/C10H4F5N3OS5/c11-20-5-4(17-10(19)3-1-2-16-18-3)6(21-12)8(23-14)9(24-15)7(5)22-13/h1-2H,(H,16,18)(H,17,19). The van der Waals surface area contributed by atoms with Crippen LogP contribution in [-0.2, 0) is 0 Å². The van der Waals surface area contributed by atoms with Gasteiger partial charge in [0.2, 0.25) is 0 Å². The molecular weight excluding hydrogens is 433 g/mol. The molecule has 1 amide bonds. The maximum Gasteiger partial charge on any atom is 0.276 e. The van der Waals surface area contributed by atoms with Crippen LogP contribution in [0.25, 0.3) is 0 Å². The highest BCUT2D eigenvalue weighted by molar-refractivity contribution is 8.00. The Morgan fingerprint density at radius 3 is 1.71 bits per heavy atom. The van der Waals surface area contributed by atoms with E-state index < -0.39 is 96.8 Å². The Hall–Kier alpha value is -0.700. The van der Waals surface area contributed by atoms with Gasteiger partial charge >= 0.3 is 0 Å². The van der Waals surface area contributed by atoms with Crippen molar-refractivity contribution in [3.8, 4) is 0 Å². The van der Waals surface area contributed by atoms with Gasteiger partial charge in [0, 0.05) is 6.20 Å². The van der Waals surface area contributed by atoms with Crippen molar-refractivity contribution in [1.82, 2.24) is 10.2 Å². The highest BCUT2D eigenvalue weighted by Gasteiger charge is 2.29. The SMILES string of the molecule is O=C(Nc1c(SF)c(SF)c(SF)c(SF)c1SF)c1cc[nH]n1. The number of hydrogen-bond donors (Lipinski definition) is 2. The lowest BCUT2D eigenvalue weighted by Crippen LogP contribution is -2.14. The molecule has 4 nitrogen and oxygen atoms in total. The second kappa shape index (κ2) is 9.12. The first-order chi connectivity index (χ1) is 11.6. The molecule has 14 heteroatoms. The summed E-state index contributed by atoms with van der Waals surface area (Å²) in [6.07, 6.45) is 1.33. The molecule has 1 aromatic carbocycles. The third kappa shape index (κ3) is 3.76. The van der Waals surface area contributed by atoms with E-state index in [0.717, 1.165) is 0 Å². The van der Waals surface area contributed by atoms with Crippen molar-refractivity contribution in [3.05, 3.63) is 18.0 Å². The van der Waals surface area contributed by atoms with Crippen molar-refractivity contribution in [3.63, 3.8) is 0 Å². The predicted molar refractivity (Wildman–Crippen MR) is 87.8 cm³/mol. The number of rotatable bonds is 7. The molecule has 2 aromatic rings. The summed E-state index contributed by atoms with van der Waals surface area (Å²) >= 11 is -2.71. The average Bonchev–Trinajstić information content (AvgIpc) is 3.14. The normalized spacial score (nSPS) is 10.9. The van der Waals surface area contributed by atoms with Crippen LogP contribution in [0.1, 0.15) is 10.5 Å². The molecule has 0 spiro atoms. The van der Waals surface area contributed by atoms with Crippen LogP contribution in [0.5, 0.6) is 0 Å². The zero-order valence-corrected chi connectivity index (χ0v) is 15.0. The summed E-state index contributed by atoms with van der Waals surface area (Å²) in [5.74, 6) is -0.868. The van der Waals surface area contributed by atoms with E-state index in [1.807, 2.05) is 0 Å². The maximum atomic E-state index is 13.3. The van der Waals surface area contributed by atoms with Crippen LogP contribution in [-0.4, -0.2) is 16.1 Å². The van der Waals surface area contributed by atoms with Gasteiger partial charge < -0.3 is 5.32 Å². The van der Waals surface area contributed by atoms with Gasteiger partial charge in [0.15, 0.2) is 0 Å². The molecule has 2 rings (SSSR count). The van der Waals surface area contributed by atoms with E-state index in [4.69, 9.17) is 0 Å². The number of H-pyrrole nitrogens is 1. The average molecular weight is 437 g/mol. The Labute approximate surface area is 154 Å². The van der Waals surface area contributed by atoms with E-state index >= 15 is 0 Å². The van der Waals surface area contributed by atoms with Crippen LogP contribution in [0.3, 0.4) is 0 Å². The first-order valence-corrected chi connectivity index (χ1v) is 9.19. The molecule has 1 aromatic heterocycles. The van der Waals surface area contributed by atoms with Crippen LogP contribution < -0.4 is 5.32 Å². The van der Waals surface area contributed by atoms with E-state index in [9.17, 15) is 24.2 Å². The van der Waals surface area contributed by atoms with Gasteiger partial charge in [-0.15, -0.1) is 0 Å². The largest absolute Gasteiger partial charge is 0.318 e. The second-order valence-corrected chi connectivity index (χ2v) is 6.63. The molecule has 130 valence electrons. The third-order valence-corrected chi connectivity index (χ3v) is 5.97. The fourth-order valence-electron chi connectivity index (χ4n) is 1.67. The number of anilines is 1. The smallest absolute Gasteiger partial charge is 0.276 e. The lowest BCUT2D eigenvalue weighted by Gasteiger charge is -2.17. The van der Waals surface area contributed by atoms with E-state index in [-0.39, 0.29) is 5.69 Å². The van der Waals surface area contributed by atoms with Crippen LogP contribution >= 0.6 is 60.7 Å². The fraction of sp³-hybridized carbons (Fsp3) is 0. The summed E-state index contributed by atoms with van der Waals surface area (Å²) in [5, 5.41) is 8.10. The number of carbonyl (C=O) groups is 1. The lowest BCUT2D eigenvalue weighted by molar-refractivity contribution is 0.102. The molecule has 0 atom stereocenters. The Bertz CT molecular complexity index is 699. The topological polar surface area (TPSA) is 57.8 Å². The zero-order valence-electron chi connectivity index (χ0n) is 10.9. The monoisotopic (exact) mass is 437 g/mol. The molecule has 0 saturated carbocycles. The van der Waals surface area contributed by atoms with Crippen LogP contribution in [0, 0.1) is 0 Å². The number of aromatic nitrogens is 2. The molecule has 0 bridgehead atoms. The number of halogens is 5. The molecule has 0 unspecified atom stereocenters. The van der Waals surface area contributed by atoms with E-state index in [1.165, 1.54) is 12.3 Å². The minimum atomic E-state index is -0.868. The number of hydrogen-bond acceptors (Lipinski definition) is 7. The fourth-order valence-corrected chi connectivity index (χ4v) is 4.53. The number of nitrogens with one attached hydrogen (secondary N) is 2. The molecule has 0 aliphatic carbocycles. The number of carbonyl (C=O) groups excluding carboxylic acids is 1. The number of aromatic amines is 1. The first kappa shape index (κ1) is 19.6. The molecular formula is C10H4F5N3OS5. The highest BCUT2D eigenvalue weighted by Crippen LogP contribution is 2.54. The van der Waals surface area contributed by atoms with E-state index in [2.05, 4.69) is 15.5 Å². The minimum absolute atomic E-state index is 0.118. The number of nitrogens with zero attached hydrogens (tertiary/aromatic N) is 1. The van der Waals surface area contributed by atoms with Crippen LogP contribution in [0.2, 0.25) is 0 Å². The van der Waals surface area contributed by atoms with Gasteiger partial charge in [-0.05, 0) is 6.07 Å². The Kier molecular flexibility index (Phi) is 7.46. The molecule has 1 heterocycles. The molecule has 0 aliphatic rings. The number of benzene rings is 1. The Morgan fingerprint density at radius 2 is 1.33 bits per heavy atom. The zero-order chi connectivity index (χ0) is 17.7. The number of amides is 1. The summed E-state index contributed by atoms with van der Waals surface area (Å²) in [6.45, 7) is 0. The molecule has 0 radical (unpaired) electrons. The third-order valence-electron chi connectivity index (χ3n) is 2.64. The van der Waals surface area contributed by atoms with Gasteiger partial charge in [-0.3, -0.25) is 9.89 Å². The van der Waals surface area contributed by atoms with Gasteiger partial charge in [0.25, 0.3) is 5.91 Å². The van der Waals surface area contributed by atoms with Gasteiger partial charge in [0.1, 0.15) is 5.69 Å². The molecule has 24 heavy (non-hydrogen) atoms. The van der Waals surface area contributed by atoms with Gasteiger partial charge in [-0.1, -0.05) is 0 Å². The van der Waals surface area contributed by atoms with Crippen molar-refractivity contribution in [2.75, 3.05) is 5.32 Å². The van der Waals surface area contributed by atoms with Crippen molar-refractivity contribution in [1.29, 1.82) is 0 Å². The van der Waals surface area contributed by atoms with Gasteiger partial charge in [0.05, 0.1) is 90.9 Å². The highest BCUT2D eigenvalue weighted by atomic mass is 32.2. The molecule has 0 saturated heterocycles. The lowest BCUT2D eigenvalue weighted by atomic mass is 10.3. The summed E-state index contributed by atoms with van der Waals surface area (Å²) in [7, 11) is 0. The van der Waals surface area contributed by atoms with E-state index in [1.54, 1.807) is 0 Å². The maximum absolute atomic E-state index is 13.3. The minimum Gasteiger partial charge on any atom is -0.318 e. The van der Waals surface area contributed by atoms with Crippen molar-refractivity contribution in [2.45, 2.75) is 24.5 Å². The summed E-state index contributed by atoms with van der Waals surface area (Å²) in [4.78, 5) is 9.04. The molecule has 0 aliphatic heterocycles.